The zero-order chi connectivity index (χ0) is 17.3. The van der Waals surface area contributed by atoms with Crippen LogP contribution in [0.25, 0.3) is 11.0 Å². The molecule has 0 fully saturated rings. The third-order valence-electron chi connectivity index (χ3n) is 3.19. The largest absolute Gasteiger partial charge is 0.329 e. The number of imidazole rings is 1. The van der Waals surface area contributed by atoms with Crippen molar-refractivity contribution >= 4 is 55.7 Å². The van der Waals surface area contributed by atoms with Gasteiger partial charge in [-0.15, -0.1) is 0 Å². The van der Waals surface area contributed by atoms with Gasteiger partial charge < -0.3 is 10.3 Å². The third-order valence-corrected chi connectivity index (χ3v) is 5.35. The Labute approximate surface area is 147 Å². The molecule has 9 heteroatoms. The van der Waals surface area contributed by atoms with E-state index in [4.69, 9.17) is 23.2 Å². The van der Waals surface area contributed by atoms with Crippen molar-refractivity contribution in [3.8, 4) is 0 Å². The number of para-hydroxylation sites is 2. The molecule has 0 aliphatic rings. The molecule has 0 aliphatic carbocycles. The standard InChI is InChI=1S/C15H11Cl2N3O3S/c16-10-6-5-9(7-11(10)17)18-14(21)8-24(22,23)15-19-12-3-1-2-4-13(12)20-15/h1-7H,8H2,(H,18,21)(H,19,20). The van der Waals surface area contributed by atoms with Gasteiger partial charge >= 0.3 is 0 Å². The molecule has 124 valence electrons. The maximum absolute atomic E-state index is 12.3. The number of amides is 1. The number of hydrogen-bond donors (Lipinski definition) is 2. The molecule has 2 aromatic carbocycles. The smallest absolute Gasteiger partial charge is 0.240 e. The zero-order valence-corrected chi connectivity index (χ0v) is 14.4. The Balaban J connectivity index is 1.78. The van der Waals surface area contributed by atoms with Crippen LogP contribution in [0.2, 0.25) is 10.0 Å². The van der Waals surface area contributed by atoms with E-state index in [1.807, 2.05) is 0 Å². The van der Waals surface area contributed by atoms with Crippen molar-refractivity contribution < 1.29 is 13.2 Å². The number of aromatic nitrogens is 2. The molecule has 0 saturated carbocycles. The third kappa shape index (κ3) is 3.53. The summed E-state index contributed by atoms with van der Waals surface area (Å²) in [5.41, 5.74) is 1.45. The van der Waals surface area contributed by atoms with Crippen LogP contribution in [-0.4, -0.2) is 30.0 Å². The Kier molecular flexibility index (Phi) is 4.49. The lowest BCUT2D eigenvalue weighted by Crippen LogP contribution is -2.23. The van der Waals surface area contributed by atoms with Crippen molar-refractivity contribution in [2.24, 2.45) is 0 Å². The Morgan fingerprint density at radius 3 is 2.58 bits per heavy atom. The van der Waals surface area contributed by atoms with E-state index in [0.29, 0.717) is 21.7 Å². The van der Waals surface area contributed by atoms with Gasteiger partial charge in [-0.25, -0.2) is 13.4 Å². The lowest BCUT2D eigenvalue weighted by molar-refractivity contribution is -0.113. The first-order valence-electron chi connectivity index (χ1n) is 6.77. The minimum atomic E-state index is -3.90. The van der Waals surface area contributed by atoms with E-state index in [1.165, 1.54) is 18.2 Å². The highest BCUT2D eigenvalue weighted by atomic mass is 35.5. The first kappa shape index (κ1) is 16.8. The fraction of sp³-hybridized carbons (Fsp3) is 0.0667. The van der Waals surface area contributed by atoms with E-state index in [-0.39, 0.29) is 10.2 Å². The molecule has 0 radical (unpaired) electrons. The van der Waals surface area contributed by atoms with Crippen LogP contribution in [-0.2, 0) is 14.6 Å². The van der Waals surface area contributed by atoms with Gasteiger partial charge in [0.25, 0.3) is 0 Å². The van der Waals surface area contributed by atoms with Gasteiger partial charge in [-0.2, -0.15) is 0 Å². The average molecular weight is 384 g/mol. The van der Waals surface area contributed by atoms with Gasteiger partial charge in [0, 0.05) is 5.69 Å². The second kappa shape index (κ2) is 6.43. The first-order chi connectivity index (χ1) is 11.3. The van der Waals surface area contributed by atoms with Crippen molar-refractivity contribution in [1.29, 1.82) is 0 Å². The molecular formula is C15H11Cl2N3O3S. The van der Waals surface area contributed by atoms with E-state index in [1.54, 1.807) is 24.3 Å². The molecule has 3 aromatic rings. The van der Waals surface area contributed by atoms with Gasteiger partial charge in [0.05, 0.1) is 21.1 Å². The van der Waals surface area contributed by atoms with E-state index >= 15 is 0 Å². The van der Waals surface area contributed by atoms with Crippen LogP contribution in [0.1, 0.15) is 0 Å². The van der Waals surface area contributed by atoms with Crippen LogP contribution in [0.15, 0.2) is 47.6 Å². The number of aromatic amines is 1. The summed E-state index contributed by atoms with van der Waals surface area (Å²) in [6.45, 7) is 0. The Hall–Kier alpha value is -2.09. The summed E-state index contributed by atoms with van der Waals surface area (Å²) in [4.78, 5) is 18.7. The number of fused-ring (bicyclic) bond motifs is 1. The number of benzene rings is 2. The zero-order valence-electron chi connectivity index (χ0n) is 12.1. The highest BCUT2D eigenvalue weighted by molar-refractivity contribution is 7.92. The number of sulfone groups is 1. The van der Waals surface area contributed by atoms with Gasteiger partial charge in [-0.05, 0) is 30.3 Å². The monoisotopic (exact) mass is 383 g/mol. The predicted octanol–water partition coefficient (Wildman–Crippen LogP) is 3.28. The first-order valence-corrected chi connectivity index (χ1v) is 9.18. The molecule has 6 nitrogen and oxygen atoms in total. The number of anilines is 1. The molecule has 2 N–H and O–H groups in total. The second-order valence-corrected chi connectivity index (χ2v) is 7.71. The number of carbonyl (C=O) groups excluding carboxylic acids is 1. The second-order valence-electron chi connectivity index (χ2n) is 5.00. The normalized spacial score (nSPS) is 11.6. The summed E-state index contributed by atoms with van der Waals surface area (Å²) in [5, 5.41) is 2.82. The topological polar surface area (TPSA) is 91.9 Å². The quantitative estimate of drug-likeness (QED) is 0.722. The van der Waals surface area contributed by atoms with E-state index in [2.05, 4.69) is 15.3 Å². The molecule has 0 saturated heterocycles. The molecule has 1 aromatic heterocycles. The molecule has 24 heavy (non-hydrogen) atoms. The van der Waals surface area contributed by atoms with E-state index < -0.39 is 21.5 Å². The average Bonchev–Trinajstić information content (AvgIpc) is 2.95. The molecule has 0 unspecified atom stereocenters. The molecule has 1 heterocycles. The molecular weight excluding hydrogens is 373 g/mol. The van der Waals surface area contributed by atoms with Crippen molar-refractivity contribution in [2.75, 3.05) is 11.1 Å². The summed E-state index contributed by atoms with van der Waals surface area (Å²) < 4.78 is 24.6. The lowest BCUT2D eigenvalue weighted by Gasteiger charge is -2.06. The Bertz CT molecular complexity index is 998. The number of nitrogens with one attached hydrogen (secondary N) is 2. The van der Waals surface area contributed by atoms with Gasteiger partial charge in [0.2, 0.25) is 20.9 Å². The van der Waals surface area contributed by atoms with E-state index in [9.17, 15) is 13.2 Å². The summed E-state index contributed by atoms with van der Waals surface area (Å²) in [7, 11) is -3.90. The number of hydrogen-bond acceptors (Lipinski definition) is 4. The fourth-order valence-electron chi connectivity index (χ4n) is 2.09. The van der Waals surface area contributed by atoms with Crippen LogP contribution >= 0.6 is 23.2 Å². The van der Waals surface area contributed by atoms with E-state index in [0.717, 1.165) is 0 Å². The van der Waals surface area contributed by atoms with Gasteiger partial charge in [-0.1, -0.05) is 35.3 Å². The van der Waals surface area contributed by atoms with Crippen molar-refractivity contribution in [2.45, 2.75) is 5.16 Å². The maximum atomic E-state index is 12.3. The minimum Gasteiger partial charge on any atom is -0.329 e. The minimum absolute atomic E-state index is 0.243. The highest BCUT2D eigenvalue weighted by Crippen LogP contribution is 2.25. The van der Waals surface area contributed by atoms with Crippen molar-refractivity contribution in [3.63, 3.8) is 0 Å². The summed E-state index contributed by atoms with van der Waals surface area (Å²) >= 11 is 11.6. The van der Waals surface area contributed by atoms with Crippen LogP contribution in [0, 0.1) is 0 Å². The molecule has 0 spiro atoms. The summed E-state index contributed by atoms with van der Waals surface area (Å²) in [6, 6.07) is 11.4. The maximum Gasteiger partial charge on any atom is 0.240 e. The molecule has 3 rings (SSSR count). The molecule has 0 bridgehead atoms. The number of H-pyrrole nitrogens is 1. The molecule has 0 aliphatic heterocycles. The highest BCUT2D eigenvalue weighted by Gasteiger charge is 2.23. The fourth-order valence-corrected chi connectivity index (χ4v) is 3.44. The molecule has 1 amide bonds. The summed E-state index contributed by atoms with van der Waals surface area (Å²) in [5.74, 6) is -1.44. The van der Waals surface area contributed by atoms with Gasteiger partial charge in [0.1, 0.15) is 5.75 Å². The van der Waals surface area contributed by atoms with Crippen LogP contribution in [0.4, 0.5) is 5.69 Å². The number of carbonyl (C=O) groups is 1. The number of nitrogens with zero attached hydrogens (tertiary/aromatic N) is 1. The van der Waals surface area contributed by atoms with Crippen LogP contribution in [0.3, 0.4) is 0 Å². The predicted molar refractivity (Wildman–Crippen MR) is 93.2 cm³/mol. The van der Waals surface area contributed by atoms with Crippen molar-refractivity contribution in [3.05, 3.63) is 52.5 Å². The Morgan fingerprint density at radius 2 is 1.88 bits per heavy atom. The van der Waals surface area contributed by atoms with Crippen LogP contribution < -0.4 is 5.32 Å². The Morgan fingerprint density at radius 1 is 1.12 bits per heavy atom. The van der Waals surface area contributed by atoms with Gasteiger partial charge in [-0.3, -0.25) is 4.79 Å². The SMILES string of the molecule is O=C(CS(=O)(=O)c1nc2ccccc2[nH]1)Nc1ccc(Cl)c(Cl)c1. The number of rotatable bonds is 4. The molecule has 0 atom stereocenters. The number of halogens is 2. The van der Waals surface area contributed by atoms with Crippen molar-refractivity contribution in [1.82, 2.24) is 9.97 Å². The summed E-state index contributed by atoms with van der Waals surface area (Å²) in [6.07, 6.45) is 0. The lowest BCUT2D eigenvalue weighted by atomic mass is 10.3. The van der Waals surface area contributed by atoms with Gasteiger partial charge in [0.15, 0.2) is 0 Å². The van der Waals surface area contributed by atoms with Crippen LogP contribution in [0.5, 0.6) is 0 Å².